The van der Waals surface area contributed by atoms with Gasteiger partial charge in [0.25, 0.3) is 0 Å². The van der Waals surface area contributed by atoms with Crippen LogP contribution in [0.15, 0.2) is 22.7 Å². The first-order valence-corrected chi connectivity index (χ1v) is 6.49. The highest BCUT2D eigenvalue weighted by atomic mass is 79.9. The van der Waals surface area contributed by atoms with Gasteiger partial charge in [-0.2, -0.15) is 0 Å². The average molecular weight is 315 g/mol. The Morgan fingerprint density at radius 3 is 2.76 bits per heavy atom. The maximum atomic E-state index is 6.18. The summed E-state index contributed by atoms with van der Waals surface area (Å²) in [6, 6.07) is 5.66. The van der Waals surface area contributed by atoms with Crippen molar-refractivity contribution >= 4 is 33.3 Å². The lowest BCUT2D eigenvalue weighted by Crippen LogP contribution is -2.02. The lowest BCUT2D eigenvalue weighted by Gasteiger charge is -2.05. The quantitative estimate of drug-likeness (QED) is 0.914. The number of nitrogen functional groups attached to an aromatic ring is 1. The first kappa shape index (κ1) is 12.5. The molecule has 1 heterocycles. The van der Waals surface area contributed by atoms with Gasteiger partial charge in [0.2, 0.25) is 0 Å². The Morgan fingerprint density at radius 1 is 1.47 bits per heavy atom. The molecular formula is C12H13BrClN3. The van der Waals surface area contributed by atoms with Gasteiger partial charge in [0.05, 0.1) is 5.02 Å². The fourth-order valence-electron chi connectivity index (χ4n) is 1.86. The van der Waals surface area contributed by atoms with Gasteiger partial charge in [-0.25, -0.2) is 4.98 Å². The number of hydrogen-bond donors (Lipinski definition) is 1. The van der Waals surface area contributed by atoms with Crippen LogP contribution in [0.1, 0.15) is 12.7 Å². The lowest BCUT2D eigenvalue weighted by molar-refractivity contribution is 0.739. The Balaban J connectivity index is 2.64. The molecule has 2 rings (SSSR count). The highest BCUT2D eigenvalue weighted by molar-refractivity contribution is 9.10. The molecule has 17 heavy (non-hydrogen) atoms. The third kappa shape index (κ3) is 2.19. The van der Waals surface area contributed by atoms with E-state index in [2.05, 4.69) is 20.9 Å². The number of benzene rings is 1. The number of nitrogens with two attached hydrogens (primary N) is 1. The maximum Gasteiger partial charge on any atom is 0.131 e. The first-order chi connectivity index (χ1) is 8.04. The Hall–Kier alpha value is -1.00. The fourth-order valence-corrected chi connectivity index (χ4v) is 2.43. The average Bonchev–Trinajstić information content (AvgIpc) is 2.57. The van der Waals surface area contributed by atoms with Crippen LogP contribution in [0, 0.1) is 6.92 Å². The smallest absolute Gasteiger partial charge is 0.131 e. The van der Waals surface area contributed by atoms with E-state index >= 15 is 0 Å². The van der Waals surface area contributed by atoms with Gasteiger partial charge in [0.1, 0.15) is 17.3 Å². The van der Waals surface area contributed by atoms with Gasteiger partial charge in [0, 0.05) is 16.6 Å². The second-order valence-corrected chi connectivity index (χ2v) is 5.08. The van der Waals surface area contributed by atoms with Crippen molar-refractivity contribution in [1.82, 2.24) is 9.55 Å². The number of aromatic nitrogens is 2. The number of hydrogen-bond acceptors (Lipinski definition) is 2. The van der Waals surface area contributed by atoms with Crippen LogP contribution in [0.2, 0.25) is 5.02 Å². The summed E-state index contributed by atoms with van der Waals surface area (Å²) >= 11 is 9.61. The van der Waals surface area contributed by atoms with Gasteiger partial charge in [0.15, 0.2) is 0 Å². The molecular weight excluding hydrogens is 302 g/mol. The van der Waals surface area contributed by atoms with Crippen molar-refractivity contribution in [3.8, 4) is 11.3 Å². The zero-order valence-corrected chi connectivity index (χ0v) is 12.0. The second kappa shape index (κ2) is 4.70. The summed E-state index contributed by atoms with van der Waals surface area (Å²) in [6.07, 6.45) is 0. The Morgan fingerprint density at radius 2 is 2.18 bits per heavy atom. The van der Waals surface area contributed by atoms with Crippen LogP contribution in [-0.2, 0) is 6.54 Å². The van der Waals surface area contributed by atoms with Crippen molar-refractivity contribution < 1.29 is 0 Å². The van der Waals surface area contributed by atoms with Gasteiger partial charge < -0.3 is 10.3 Å². The first-order valence-electron chi connectivity index (χ1n) is 5.32. The summed E-state index contributed by atoms with van der Waals surface area (Å²) < 4.78 is 2.92. The number of imidazole rings is 1. The number of rotatable bonds is 2. The minimum Gasteiger partial charge on any atom is -0.383 e. The molecule has 0 fully saturated rings. The minimum atomic E-state index is 0.653. The summed E-state index contributed by atoms with van der Waals surface area (Å²) in [5.74, 6) is 1.56. The largest absolute Gasteiger partial charge is 0.383 e. The van der Waals surface area contributed by atoms with Crippen LogP contribution in [0.5, 0.6) is 0 Å². The molecule has 0 spiro atoms. The van der Waals surface area contributed by atoms with Crippen molar-refractivity contribution in [2.45, 2.75) is 20.4 Å². The lowest BCUT2D eigenvalue weighted by atomic mass is 10.1. The zero-order chi connectivity index (χ0) is 12.6. The van der Waals surface area contributed by atoms with Gasteiger partial charge in [-0.1, -0.05) is 27.5 Å². The topological polar surface area (TPSA) is 43.8 Å². The van der Waals surface area contributed by atoms with Gasteiger partial charge >= 0.3 is 0 Å². The molecule has 0 aliphatic carbocycles. The molecule has 0 atom stereocenters. The summed E-state index contributed by atoms with van der Waals surface area (Å²) in [5.41, 5.74) is 7.69. The molecule has 90 valence electrons. The Labute approximate surface area is 114 Å². The molecule has 0 amide bonds. The summed E-state index contributed by atoms with van der Waals surface area (Å²) in [6.45, 7) is 4.78. The van der Waals surface area contributed by atoms with Gasteiger partial charge in [-0.3, -0.25) is 0 Å². The molecule has 1 aromatic heterocycles. The maximum absolute atomic E-state index is 6.18. The van der Waals surface area contributed by atoms with Gasteiger partial charge in [-0.05, 0) is 32.0 Å². The van der Waals surface area contributed by atoms with E-state index in [9.17, 15) is 0 Å². The monoisotopic (exact) mass is 313 g/mol. The molecule has 0 bridgehead atoms. The van der Waals surface area contributed by atoms with E-state index in [0.717, 1.165) is 28.1 Å². The third-order valence-corrected chi connectivity index (χ3v) is 3.52. The van der Waals surface area contributed by atoms with E-state index in [4.69, 9.17) is 17.3 Å². The SMILES string of the molecule is CCn1c(C)nc(-c2cc(Br)ccc2Cl)c1N. The predicted octanol–water partition coefficient (Wildman–Crippen LogP) is 3.88. The zero-order valence-electron chi connectivity index (χ0n) is 9.67. The van der Waals surface area contributed by atoms with E-state index in [0.29, 0.717) is 10.8 Å². The van der Waals surface area contributed by atoms with E-state index in [-0.39, 0.29) is 0 Å². The van der Waals surface area contributed by atoms with Crippen molar-refractivity contribution in [1.29, 1.82) is 0 Å². The van der Waals surface area contributed by atoms with Crippen LogP contribution in [0.4, 0.5) is 5.82 Å². The molecule has 3 nitrogen and oxygen atoms in total. The van der Waals surface area contributed by atoms with Crippen molar-refractivity contribution in [2.75, 3.05) is 5.73 Å². The highest BCUT2D eigenvalue weighted by Crippen LogP contribution is 2.33. The van der Waals surface area contributed by atoms with Crippen molar-refractivity contribution in [3.63, 3.8) is 0 Å². The molecule has 2 N–H and O–H groups in total. The van der Waals surface area contributed by atoms with Crippen LogP contribution in [0.3, 0.4) is 0 Å². The summed E-state index contributed by atoms with van der Waals surface area (Å²) in [5, 5.41) is 0.653. The normalized spacial score (nSPS) is 10.8. The highest BCUT2D eigenvalue weighted by Gasteiger charge is 2.15. The van der Waals surface area contributed by atoms with Crippen LogP contribution in [-0.4, -0.2) is 9.55 Å². The summed E-state index contributed by atoms with van der Waals surface area (Å²) in [7, 11) is 0. The molecule has 1 aromatic carbocycles. The fraction of sp³-hybridized carbons (Fsp3) is 0.250. The van der Waals surface area contributed by atoms with Crippen LogP contribution in [0.25, 0.3) is 11.3 Å². The third-order valence-electron chi connectivity index (χ3n) is 2.70. The van der Waals surface area contributed by atoms with E-state index in [1.807, 2.05) is 36.6 Å². The second-order valence-electron chi connectivity index (χ2n) is 3.76. The predicted molar refractivity (Wildman–Crippen MR) is 75.2 cm³/mol. The number of halogens is 2. The number of nitrogens with zero attached hydrogens (tertiary/aromatic N) is 2. The van der Waals surface area contributed by atoms with Gasteiger partial charge in [-0.15, -0.1) is 0 Å². The van der Waals surface area contributed by atoms with E-state index < -0.39 is 0 Å². The van der Waals surface area contributed by atoms with E-state index in [1.165, 1.54) is 0 Å². The molecule has 2 aromatic rings. The minimum absolute atomic E-state index is 0.653. The van der Waals surface area contributed by atoms with E-state index in [1.54, 1.807) is 0 Å². The molecule has 0 saturated heterocycles. The Kier molecular flexibility index (Phi) is 3.45. The Bertz CT molecular complexity index is 563. The molecule has 0 aliphatic heterocycles. The molecule has 0 radical (unpaired) electrons. The number of anilines is 1. The van der Waals surface area contributed by atoms with Crippen molar-refractivity contribution in [3.05, 3.63) is 33.5 Å². The van der Waals surface area contributed by atoms with Crippen LogP contribution >= 0.6 is 27.5 Å². The summed E-state index contributed by atoms with van der Waals surface area (Å²) in [4.78, 5) is 4.49. The van der Waals surface area contributed by atoms with Crippen molar-refractivity contribution in [2.24, 2.45) is 0 Å². The standard InChI is InChI=1S/C12H13BrClN3/c1-3-17-7(2)16-11(12(17)15)9-6-8(13)4-5-10(9)14/h4-6H,3,15H2,1-2H3. The molecule has 0 saturated carbocycles. The number of aryl methyl sites for hydroxylation is 1. The molecule has 0 aliphatic rings. The molecule has 0 unspecified atom stereocenters. The van der Waals surface area contributed by atoms with Crippen LogP contribution < -0.4 is 5.73 Å². The molecule has 5 heteroatoms.